The van der Waals surface area contributed by atoms with Crippen molar-refractivity contribution in [1.29, 1.82) is 0 Å². The number of unbranched alkanes of at least 4 members (excludes halogenated alkanes) is 1. The highest BCUT2D eigenvalue weighted by molar-refractivity contribution is 5.94. The number of nitrogens with two attached hydrogens (primary N) is 1. The number of aryl methyl sites for hydroxylation is 4. The van der Waals surface area contributed by atoms with Gasteiger partial charge in [0.05, 0.1) is 12.8 Å². The van der Waals surface area contributed by atoms with E-state index in [4.69, 9.17) is 10.5 Å². The summed E-state index contributed by atoms with van der Waals surface area (Å²) in [5.74, 6) is 0.948. The molecule has 1 heterocycles. The number of H-pyrrole nitrogens is 1. The molecule has 0 aliphatic heterocycles. The summed E-state index contributed by atoms with van der Waals surface area (Å²) in [6.45, 7) is 7.17. The number of para-hydroxylation sites is 1. The molecule has 3 heteroatoms. The van der Waals surface area contributed by atoms with Crippen LogP contribution in [0, 0.1) is 20.8 Å². The number of hydrogen-bond donors (Lipinski definition) is 2. The van der Waals surface area contributed by atoms with Gasteiger partial charge in [0.25, 0.3) is 0 Å². The Balaban J connectivity index is 2.25. The lowest BCUT2D eigenvalue weighted by molar-refractivity contribution is 0.413. The van der Waals surface area contributed by atoms with Gasteiger partial charge in [-0.3, -0.25) is 0 Å². The lowest BCUT2D eigenvalue weighted by Crippen LogP contribution is -2.00. The Hall–Kier alpha value is -2.26. The highest BCUT2D eigenvalue weighted by Gasteiger charge is 2.18. The van der Waals surface area contributed by atoms with Crippen molar-refractivity contribution in [2.24, 2.45) is 5.73 Å². The molecule has 3 N–H and O–H groups in total. The Bertz CT molecular complexity index is 893. The molecular formula is C22H28N2O. The van der Waals surface area contributed by atoms with Crippen LogP contribution >= 0.6 is 0 Å². The summed E-state index contributed by atoms with van der Waals surface area (Å²) in [4.78, 5) is 3.69. The Labute approximate surface area is 150 Å². The molecule has 3 aromatic rings. The molecule has 132 valence electrons. The number of rotatable bonds is 6. The first-order valence-corrected chi connectivity index (χ1v) is 9.02. The van der Waals surface area contributed by atoms with Gasteiger partial charge >= 0.3 is 0 Å². The molecule has 3 rings (SSSR count). The number of hydrogen-bond acceptors (Lipinski definition) is 2. The maximum absolute atomic E-state index is 5.72. The van der Waals surface area contributed by atoms with Crippen LogP contribution in [0.15, 0.2) is 30.3 Å². The van der Waals surface area contributed by atoms with E-state index < -0.39 is 0 Å². The summed E-state index contributed by atoms with van der Waals surface area (Å²) < 4.78 is 5.72. The molecule has 0 atom stereocenters. The number of fused-ring (bicyclic) bond motifs is 1. The fraction of sp³-hybridized carbons (Fsp3) is 0.364. The molecule has 0 saturated carbocycles. The number of aromatic amines is 1. The molecule has 0 aliphatic rings. The van der Waals surface area contributed by atoms with E-state index in [0.29, 0.717) is 0 Å². The SMILES string of the molecule is COc1c(C)cccc1-c1[nH]c2c(C)cc(C)cc2c1CCCCN. The maximum atomic E-state index is 5.72. The molecule has 0 aliphatic carbocycles. The fourth-order valence-corrected chi connectivity index (χ4v) is 3.76. The first-order chi connectivity index (χ1) is 12.1. The van der Waals surface area contributed by atoms with E-state index in [1.165, 1.54) is 33.3 Å². The first kappa shape index (κ1) is 17.6. The molecule has 0 bridgehead atoms. The van der Waals surface area contributed by atoms with Gasteiger partial charge in [-0.15, -0.1) is 0 Å². The van der Waals surface area contributed by atoms with E-state index in [9.17, 15) is 0 Å². The average Bonchev–Trinajstić information content (AvgIpc) is 2.94. The van der Waals surface area contributed by atoms with Crippen molar-refractivity contribution in [3.8, 4) is 17.0 Å². The fourth-order valence-electron chi connectivity index (χ4n) is 3.76. The van der Waals surface area contributed by atoms with E-state index in [2.05, 4.69) is 56.1 Å². The third-order valence-electron chi connectivity index (χ3n) is 4.92. The van der Waals surface area contributed by atoms with Gasteiger partial charge in [0, 0.05) is 16.5 Å². The van der Waals surface area contributed by atoms with Crippen molar-refractivity contribution in [1.82, 2.24) is 4.98 Å². The summed E-state index contributed by atoms with van der Waals surface area (Å²) in [7, 11) is 1.75. The molecule has 1 aromatic heterocycles. The number of benzene rings is 2. The number of aromatic nitrogens is 1. The van der Waals surface area contributed by atoms with E-state index in [1.54, 1.807) is 7.11 Å². The van der Waals surface area contributed by atoms with Crippen LogP contribution in [0.5, 0.6) is 5.75 Å². The zero-order chi connectivity index (χ0) is 18.0. The normalized spacial score (nSPS) is 11.2. The topological polar surface area (TPSA) is 51.0 Å². The standard InChI is InChI=1S/C22H28N2O/c1-14-12-16(3)20-19(13-14)17(9-5-6-11-23)21(24-20)18-10-7-8-15(2)22(18)25-4/h7-8,10,12-13,24H,5-6,9,11,23H2,1-4H3. The van der Waals surface area contributed by atoms with Crippen LogP contribution in [0.1, 0.15) is 35.1 Å². The van der Waals surface area contributed by atoms with Gasteiger partial charge in [-0.2, -0.15) is 0 Å². The highest BCUT2D eigenvalue weighted by Crippen LogP contribution is 2.39. The van der Waals surface area contributed by atoms with Crippen LogP contribution in [-0.2, 0) is 6.42 Å². The summed E-state index contributed by atoms with van der Waals surface area (Å²) in [5.41, 5.74) is 14.4. The molecule has 3 nitrogen and oxygen atoms in total. The van der Waals surface area contributed by atoms with Crippen LogP contribution in [0.25, 0.3) is 22.2 Å². The monoisotopic (exact) mass is 336 g/mol. The number of nitrogens with one attached hydrogen (secondary N) is 1. The van der Waals surface area contributed by atoms with Gasteiger partial charge in [0.15, 0.2) is 0 Å². The predicted octanol–water partition coefficient (Wildman–Crippen LogP) is 5.05. The second kappa shape index (κ2) is 7.32. The second-order valence-electron chi connectivity index (χ2n) is 6.88. The van der Waals surface area contributed by atoms with Crippen LogP contribution < -0.4 is 10.5 Å². The van der Waals surface area contributed by atoms with Gasteiger partial charge in [0.2, 0.25) is 0 Å². The summed E-state index contributed by atoms with van der Waals surface area (Å²) >= 11 is 0. The number of methoxy groups -OCH3 is 1. The highest BCUT2D eigenvalue weighted by atomic mass is 16.5. The Kier molecular flexibility index (Phi) is 5.14. The minimum Gasteiger partial charge on any atom is -0.496 e. The molecule has 0 radical (unpaired) electrons. The van der Waals surface area contributed by atoms with E-state index in [1.807, 2.05) is 0 Å². The Morgan fingerprint density at radius 3 is 2.56 bits per heavy atom. The quantitative estimate of drug-likeness (QED) is 0.619. The largest absolute Gasteiger partial charge is 0.496 e. The van der Waals surface area contributed by atoms with Crippen molar-refractivity contribution in [2.45, 2.75) is 40.0 Å². The summed E-state index contributed by atoms with van der Waals surface area (Å²) in [6, 6.07) is 10.9. The number of ether oxygens (including phenoxy) is 1. The van der Waals surface area contributed by atoms with Gasteiger partial charge < -0.3 is 15.5 Å². The van der Waals surface area contributed by atoms with Gasteiger partial charge in [-0.1, -0.05) is 23.8 Å². The van der Waals surface area contributed by atoms with E-state index in [0.717, 1.165) is 42.7 Å². The second-order valence-corrected chi connectivity index (χ2v) is 6.88. The smallest absolute Gasteiger partial charge is 0.131 e. The Morgan fingerprint density at radius 2 is 1.84 bits per heavy atom. The van der Waals surface area contributed by atoms with Crippen LogP contribution in [0.3, 0.4) is 0 Å². The molecular weight excluding hydrogens is 308 g/mol. The third kappa shape index (κ3) is 3.29. The van der Waals surface area contributed by atoms with Crippen LogP contribution in [0.2, 0.25) is 0 Å². The first-order valence-electron chi connectivity index (χ1n) is 9.02. The van der Waals surface area contributed by atoms with E-state index >= 15 is 0 Å². The molecule has 0 unspecified atom stereocenters. The minimum absolute atomic E-state index is 0.740. The van der Waals surface area contributed by atoms with Gasteiger partial charge in [-0.05, 0) is 75.4 Å². The zero-order valence-electron chi connectivity index (χ0n) is 15.7. The van der Waals surface area contributed by atoms with Crippen molar-refractivity contribution >= 4 is 10.9 Å². The van der Waals surface area contributed by atoms with Crippen molar-refractivity contribution in [2.75, 3.05) is 13.7 Å². The Morgan fingerprint density at radius 1 is 1.04 bits per heavy atom. The van der Waals surface area contributed by atoms with Gasteiger partial charge in [-0.25, -0.2) is 0 Å². The lowest BCUT2D eigenvalue weighted by Gasteiger charge is -2.12. The molecule has 0 saturated heterocycles. The molecule has 0 amide bonds. The minimum atomic E-state index is 0.740. The third-order valence-corrected chi connectivity index (χ3v) is 4.92. The van der Waals surface area contributed by atoms with Crippen LogP contribution in [0.4, 0.5) is 0 Å². The molecule has 2 aromatic carbocycles. The molecule has 0 spiro atoms. The lowest BCUT2D eigenvalue weighted by atomic mass is 9.97. The zero-order valence-corrected chi connectivity index (χ0v) is 15.7. The predicted molar refractivity (Wildman–Crippen MR) is 106 cm³/mol. The van der Waals surface area contributed by atoms with Crippen molar-refractivity contribution < 1.29 is 4.74 Å². The maximum Gasteiger partial charge on any atom is 0.131 e. The summed E-state index contributed by atoms with van der Waals surface area (Å²) in [6.07, 6.45) is 3.16. The van der Waals surface area contributed by atoms with E-state index in [-0.39, 0.29) is 0 Å². The molecule has 0 fully saturated rings. The molecule has 25 heavy (non-hydrogen) atoms. The van der Waals surface area contributed by atoms with Crippen molar-refractivity contribution in [3.63, 3.8) is 0 Å². The van der Waals surface area contributed by atoms with Crippen LogP contribution in [-0.4, -0.2) is 18.6 Å². The summed E-state index contributed by atoms with van der Waals surface area (Å²) in [5, 5.41) is 1.33. The van der Waals surface area contributed by atoms with Gasteiger partial charge in [0.1, 0.15) is 5.75 Å². The van der Waals surface area contributed by atoms with Crippen molar-refractivity contribution in [3.05, 3.63) is 52.6 Å². The average molecular weight is 336 g/mol.